The molecule has 0 saturated carbocycles. The smallest absolute Gasteiger partial charge is 0.258 e. The number of para-hydroxylation sites is 1. The molecule has 0 unspecified atom stereocenters. The Bertz CT molecular complexity index is 940. The quantitative estimate of drug-likeness (QED) is 0.650. The van der Waals surface area contributed by atoms with Crippen molar-refractivity contribution in [3.05, 3.63) is 70.8 Å². The molecule has 1 N–H and O–H groups in total. The van der Waals surface area contributed by atoms with Crippen LogP contribution in [-0.4, -0.2) is 33.1 Å². The first kappa shape index (κ1) is 18.2. The molecule has 1 heterocycles. The van der Waals surface area contributed by atoms with Gasteiger partial charge in [0.25, 0.3) is 5.56 Å². The van der Waals surface area contributed by atoms with E-state index in [1.807, 2.05) is 55.5 Å². The van der Waals surface area contributed by atoms with E-state index in [9.17, 15) is 9.59 Å². The Balaban J connectivity index is 1.63. The van der Waals surface area contributed by atoms with E-state index < -0.39 is 0 Å². The fourth-order valence-electron chi connectivity index (χ4n) is 2.70. The van der Waals surface area contributed by atoms with E-state index in [0.29, 0.717) is 36.2 Å². The maximum atomic E-state index is 12.5. The number of aromatic nitrogens is 2. The zero-order valence-corrected chi connectivity index (χ0v) is 15.5. The van der Waals surface area contributed by atoms with Crippen LogP contribution >= 0.6 is 11.8 Å². The van der Waals surface area contributed by atoms with Crippen LogP contribution < -0.4 is 5.56 Å². The summed E-state index contributed by atoms with van der Waals surface area (Å²) in [7, 11) is 0. The minimum Gasteiger partial charge on any atom is -0.335 e. The first-order valence-corrected chi connectivity index (χ1v) is 9.59. The summed E-state index contributed by atoms with van der Waals surface area (Å²) in [6, 6.07) is 17.2. The summed E-state index contributed by atoms with van der Waals surface area (Å²) in [5, 5.41) is 0.560. The molecule has 0 aliphatic heterocycles. The van der Waals surface area contributed by atoms with E-state index in [2.05, 4.69) is 9.97 Å². The van der Waals surface area contributed by atoms with Crippen LogP contribution in [0.3, 0.4) is 0 Å². The summed E-state index contributed by atoms with van der Waals surface area (Å²) in [5.74, 6) is 1.30. The molecule has 1 aromatic heterocycles. The number of nitrogens with zero attached hydrogens (tertiary/aromatic N) is 2. The fourth-order valence-corrected chi connectivity index (χ4v) is 3.56. The highest BCUT2D eigenvalue weighted by Crippen LogP contribution is 2.18. The van der Waals surface area contributed by atoms with Crippen molar-refractivity contribution < 1.29 is 4.79 Å². The molecule has 0 spiro atoms. The summed E-state index contributed by atoms with van der Waals surface area (Å²) >= 11 is 1.67. The number of carbonyl (C=O) groups is 1. The number of nitrogens with one attached hydrogen (secondary N) is 1. The normalized spacial score (nSPS) is 10.8. The fraction of sp³-hybridized carbons (Fsp3) is 0.250. The molecule has 2 aromatic carbocycles. The van der Waals surface area contributed by atoms with Crippen molar-refractivity contribution in [2.75, 3.05) is 12.3 Å². The first-order valence-electron chi connectivity index (χ1n) is 8.61. The van der Waals surface area contributed by atoms with Gasteiger partial charge >= 0.3 is 0 Å². The van der Waals surface area contributed by atoms with Gasteiger partial charge in [-0.05, 0) is 31.2 Å². The molecule has 0 saturated heterocycles. The van der Waals surface area contributed by atoms with Crippen molar-refractivity contribution in [1.29, 1.82) is 0 Å². The second kappa shape index (κ2) is 8.67. The average Bonchev–Trinajstić information content (AvgIpc) is 2.67. The lowest BCUT2D eigenvalue weighted by Crippen LogP contribution is -2.32. The van der Waals surface area contributed by atoms with Gasteiger partial charge in [0.2, 0.25) is 5.91 Å². The lowest BCUT2D eigenvalue weighted by Gasteiger charge is -2.20. The molecule has 3 rings (SSSR count). The molecule has 0 radical (unpaired) electrons. The number of benzene rings is 2. The van der Waals surface area contributed by atoms with Gasteiger partial charge in [-0.25, -0.2) is 4.98 Å². The number of aromatic amines is 1. The van der Waals surface area contributed by atoms with Crippen LogP contribution in [0.1, 0.15) is 19.2 Å². The Hall–Kier alpha value is -2.60. The van der Waals surface area contributed by atoms with Crippen molar-refractivity contribution in [1.82, 2.24) is 14.9 Å². The van der Waals surface area contributed by atoms with Crippen molar-refractivity contribution in [2.45, 2.75) is 24.8 Å². The Labute approximate surface area is 156 Å². The number of hydrogen-bond acceptors (Lipinski definition) is 4. The molecule has 134 valence electrons. The largest absolute Gasteiger partial charge is 0.335 e. The minimum absolute atomic E-state index is 0.0618. The standard InChI is InChI=1S/C20H21N3O2S/c1-2-23(19(24)12-13-26-15-8-4-3-5-9-15)14-18-21-17-11-7-6-10-16(17)20(25)22-18/h3-11H,2,12-14H2,1H3,(H,21,22,25). The molecule has 0 fully saturated rings. The van der Waals surface area contributed by atoms with E-state index in [1.165, 1.54) is 0 Å². The molecule has 0 aliphatic carbocycles. The van der Waals surface area contributed by atoms with Crippen LogP contribution in [0.4, 0.5) is 0 Å². The average molecular weight is 367 g/mol. The van der Waals surface area contributed by atoms with Crippen molar-refractivity contribution in [3.8, 4) is 0 Å². The number of carbonyl (C=O) groups excluding carboxylic acids is 1. The number of H-pyrrole nitrogens is 1. The summed E-state index contributed by atoms with van der Waals surface area (Å²) in [6.07, 6.45) is 0.450. The molecule has 3 aromatic rings. The van der Waals surface area contributed by atoms with Gasteiger partial charge in [0, 0.05) is 23.6 Å². The third-order valence-electron chi connectivity index (χ3n) is 4.06. The molecule has 0 bridgehead atoms. The van der Waals surface area contributed by atoms with E-state index >= 15 is 0 Å². The van der Waals surface area contributed by atoms with Gasteiger partial charge in [-0.2, -0.15) is 0 Å². The van der Waals surface area contributed by atoms with E-state index in [4.69, 9.17) is 0 Å². The van der Waals surface area contributed by atoms with E-state index in [1.54, 1.807) is 22.7 Å². The van der Waals surface area contributed by atoms with Crippen molar-refractivity contribution >= 4 is 28.6 Å². The monoisotopic (exact) mass is 367 g/mol. The third-order valence-corrected chi connectivity index (χ3v) is 5.08. The molecule has 1 amide bonds. The molecular formula is C20H21N3O2S. The second-order valence-electron chi connectivity index (χ2n) is 5.85. The number of rotatable bonds is 7. The Kier molecular flexibility index (Phi) is 6.07. The number of fused-ring (bicyclic) bond motifs is 1. The molecule has 6 heteroatoms. The van der Waals surface area contributed by atoms with Gasteiger partial charge in [0.05, 0.1) is 17.4 Å². The van der Waals surface area contributed by atoms with Gasteiger partial charge < -0.3 is 9.88 Å². The molecule has 0 aliphatic rings. The predicted molar refractivity (Wildman–Crippen MR) is 105 cm³/mol. The zero-order chi connectivity index (χ0) is 18.4. The predicted octanol–water partition coefficient (Wildman–Crippen LogP) is 3.45. The van der Waals surface area contributed by atoms with Crippen LogP contribution in [0.15, 0.2) is 64.3 Å². The lowest BCUT2D eigenvalue weighted by molar-refractivity contribution is -0.131. The van der Waals surface area contributed by atoms with E-state index in [0.717, 1.165) is 10.6 Å². The van der Waals surface area contributed by atoms with Gasteiger partial charge in [0.15, 0.2) is 0 Å². The summed E-state index contributed by atoms with van der Waals surface area (Å²) in [5.41, 5.74) is 0.475. The molecular weight excluding hydrogens is 346 g/mol. The van der Waals surface area contributed by atoms with Crippen LogP contribution in [0, 0.1) is 0 Å². The highest BCUT2D eigenvalue weighted by molar-refractivity contribution is 7.99. The van der Waals surface area contributed by atoms with Crippen LogP contribution in [0.25, 0.3) is 10.9 Å². The maximum absolute atomic E-state index is 12.5. The van der Waals surface area contributed by atoms with Gasteiger partial charge in [-0.3, -0.25) is 9.59 Å². The van der Waals surface area contributed by atoms with E-state index in [-0.39, 0.29) is 11.5 Å². The summed E-state index contributed by atoms with van der Waals surface area (Å²) < 4.78 is 0. The lowest BCUT2D eigenvalue weighted by atomic mass is 10.2. The summed E-state index contributed by atoms with van der Waals surface area (Å²) in [6.45, 7) is 2.82. The number of thioether (sulfide) groups is 1. The van der Waals surface area contributed by atoms with Gasteiger partial charge in [-0.1, -0.05) is 30.3 Å². The van der Waals surface area contributed by atoms with Crippen LogP contribution in [0.5, 0.6) is 0 Å². The second-order valence-corrected chi connectivity index (χ2v) is 7.02. The van der Waals surface area contributed by atoms with Crippen LogP contribution in [-0.2, 0) is 11.3 Å². The highest BCUT2D eigenvalue weighted by atomic mass is 32.2. The Morgan fingerprint density at radius 2 is 1.85 bits per heavy atom. The van der Waals surface area contributed by atoms with Crippen molar-refractivity contribution in [3.63, 3.8) is 0 Å². The van der Waals surface area contributed by atoms with Gasteiger partial charge in [-0.15, -0.1) is 11.8 Å². The van der Waals surface area contributed by atoms with Crippen LogP contribution in [0.2, 0.25) is 0 Å². The Morgan fingerprint density at radius 1 is 1.12 bits per heavy atom. The maximum Gasteiger partial charge on any atom is 0.258 e. The first-order chi connectivity index (χ1) is 12.7. The molecule has 26 heavy (non-hydrogen) atoms. The van der Waals surface area contributed by atoms with Crippen molar-refractivity contribution in [2.24, 2.45) is 0 Å². The Morgan fingerprint density at radius 3 is 2.62 bits per heavy atom. The molecule has 5 nitrogen and oxygen atoms in total. The minimum atomic E-state index is -0.172. The zero-order valence-electron chi connectivity index (χ0n) is 14.6. The third kappa shape index (κ3) is 4.52. The van der Waals surface area contributed by atoms with Gasteiger partial charge in [0.1, 0.15) is 5.82 Å². The highest BCUT2D eigenvalue weighted by Gasteiger charge is 2.14. The number of amides is 1. The SMILES string of the molecule is CCN(Cc1nc2ccccc2c(=O)[nH]1)C(=O)CCSc1ccccc1. The summed E-state index contributed by atoms with van der Waals surface area (Å²) in [4.78, 5) is 34.8. The molecule has 0 atom stereocenters. The number of hydrogen-bond donors (Lipinski definition) is 1. The topological polar surface area (TPSA) is 66.1 Å².